The van der Waals surface area contributed by atoms with Gasteiger partial charge in [0.05, 0.1) is 34.2 Å². The molecule has 0 aliphatic heterocycles. The van der Waals surface area contributed by atoms with Crippen LogP contribution in [-0.2, 0) is 61.3 Å². The van der Waals surface area contributed by atoms with E-state index in [4.69, 9.17) is 58.5 Å². The molecule has 8 rings (SSSR count). The SMILES string of the molecule is C#Cc1cc(C#Cc2cc(C#Cc3ccccc3)c(OC(=O)OC(C)(C)C)c(C(C)(C)C)c2)c(OC(=O)OC(C)(C)C)c(C(C)(C)C)c1.CC(C)(C)OC(=O)Cc1ccccc1I.CC(C)(C)OC(=O)Oc1ccccc1C#Cc1cc(C#Cc2cc(C#Cc3ccccc3)c(OC(=O)OC(C)(C)C)c(C(C)(C)C)c2)c(OC(=O)OC(C)(C)C)c(C(C)(C)C)c1. The summed E-state index contributed by atoms with van der Waals surface area (Å²) in [6.45, 7) is 56.0. The molecule has 0 fully saturated rings. The van der Waals surface area contributed by atoms with Crippen molar-refractivity contribution in [3.63, 3.8) is 0 Å². The molecule has 0 atom stereocenters. The van der Waals surface area contributed by atoms with E-state index in [1.165, 1.54) is 0 Å². The number of benzene rings is 8. The predicted octanol–water partition coefficient (Wildman–Crippen LogP) is 25.3. The number of hydrogen-bond donors (Lipinski definition) is 0. The molecule has 125 heavy (non-hydrogen) atoms. The monoisotopic (exact) mass is 1800 g/mol. The summed E-state index contributed by atoms with van der Waals surface area (Å²) in [6.07, 6.45) is 1.90. The highest BCUT2D eigenvalue weighted by atomic mass is 127. The van der Waals surface area contributed by atoms with Gasteiger partial charge in [0.2, 0.25) is 0 Å². The summed E-state index contributed by atoms with van der Waals surface area (Å²) in [6, 6.07) is 48.0. The lowest BCUT2D eigenvalue weighted by molar-refractivity contribution is -0.154. The molecule has 0 N–H and O–H groups in total. The summed E-state index contributed by atoms with van der Waals surface area (Å²) in [4.78, 5) is 76.4. The zero-order chi connectivity index (χ0) is 93.8. The minimum Gasteiger partial charge on any atom is -0.460 e. The molecule has 0 heterocycles. The molecule has 8 aromatic rings. The standard InChI is InChI=1S/C53H58O9.C42H46O6.C12H15IO2/c1-49(2,3)41-33-36(26-28-38-23-19-20-24-43(38)57-46(54)60-51(7,8)9)31-40(45(41)59-48(56)62-53(13,14)15)30-27-37-32-39(29-25-35-21-17-16-18-22-35)44(42(34-37)50(4,5)6)58-47(55)61-52(10,11)12;1-14-28-24-31(35(33(26-28)39(2,3)4)45-37(43)47-41(8,9)10)23-21-30-25-32(22-20-29-18-16-15-17-19-29)36(34(27-30)40(5,6)7)46-38(44)48-42(11,12)13;1-12(2,3)15-11(14)8-9-6-4-5-7-10(9)13/h16-24,31-34H,1-15H3;1,15-19,24-27H,2-13H3;4-7H,8H2,1-3H3. The van der Waals surface area contributed by atoms with E-state index in [-0.39, 0.29) is 29.0 Å². The summed E-state index contributed by atoms with van der Waals surface area (Å²) in [5.74, 6) is 35.9. The number of hydrogen-bond acceptors (Lipinski definition) is 17. The number of ether oxygens (including phenoxy) is 11. The lowest BCUT2D eigenvalue weighted by atomic mass is 9.83. The Balaban J connectivity index is 0.000000338. The van der Waals surface area contributed by atoms with E-state index in [2.05, 4.69) is 87.7 Å². The maximum Gasteiger partial charge on any atom is 0.514 e. The predicted molar refractivity (Wildman–Crippen MR) is 501 cm³/mol. The molecule has 18 heteroatoms. The fourth-order valence-electron chi connectivity index (χ4n) is 11.2. The first kappa shape index (κ1) is 101. The van der Waals surface area contributed by atoms with Gasteiger partial charge in [-0.2, -0.15) is 0 Å². The highest BCUT2D eigenvalue weighted by molar-refractivity contribution is 14.1. The van der Waals surface area contributed by atoms with Crippen LogP contribution in [0.4, 0.5) is 24.0 Å². The molecular weight excluding hydrogens is 1680 g/mol. The van der Waals surface area contributed by atoms with Crippen molar-refractivity contribution in [2.45, 2.75) is 269 Å². The number of para-hydroxylation sites is 1. The van der Waals surface area contributed by atoms with Crippen molar-refractivity contribution in [1.82, 2.24) is 0 Å². The maximum absolute atomic E-state index is 13.3. The molecule has 0 saturated heterocycles. The van der Waals surface area contributed by atoms with Gasteiger partial charge < -0.3 is 52.1 Å². The lowest BCUT2D eigenvalue weighted by Gasteiger charge is -2.25. The summed E-state index contributed by atoms with van der Waals surface area (Å²) >= 11 is 2.22. The minimum absolute atomic E-state index is 0.174. The molecular formula is C107H119IO17. The van der Waals surface area contributed by atoms with Gasteiger partial charge in [-0.1, -0.05) is 215 Å². The average molecular weight is 1800 g/mol. The van der Waals surface area contributed by atoms with E-state index in [0.717, 1.165) is 20.3 Å². The van der Waals surface area contributed by atoms with Crippen LogP contribution in [0.15, 0.2) is 158 Å². The third-order valence-corrected chi connectivity index (χ3v) is 17.5. The first-order chi connectivity index (χ1) is 57.5. The molecule has 0 aliphatic carbocycles. The Labute approximate surface area is 755 Å². The number of halogens is 1. The molecule has 0 bridgehead atoms. The van der Waals surface area contributed by atoms with Crippen molar-refractivity contribution in [3.05, 3.63) is 250 Å². The number of rotatable bonds is 7. The van der Waals surface area contributed by atoms with Crippen molar-refractivity contribution < 1.29 is 80.9 Å². The smallest absolute Gasteiger partial charge is 0.460 e. The van der Waals surface area contributed by atoms with Gasteiger partial charge in [-0.05, 0) is 265 Å². The van der Waals surface area contributed by atoms with Gasteiger partial charge in [0.1, 0.15) is 39.4 Å². The van der Waals surface area contributed by atoms with Crippen LogP contribution in [0.3, 0.4) is 0 Å². The number of esters is 1. The molecule has 0 amide bonds. The Bertz CT molecular complexity index is 5650. The Morgan fingerprint density at radius 2 is 0.520 bits per heavy atom. The fraction of sp³-hybridized carbons (Fsp3) is 0.383. The quantitative estimate of drug-likeness (QED) is 0.0478. The van der Waals surface area contributed by atoms with Crippen LogP contribution in [0.5, 0.6) is 28.7 Å². The Morgan fingerprint density at radius 3 is 0.808 bits per heavy atom. The van der Waals surface area contributed by atoms with Crippen LogP contribution in [0.25, 0.3) is 0 Å². The van der Waals surface area contributed by atoms with Crippen LogP contribution in [0.1, 0.15) is 297 Å². The van der Waals surface area contributed by atoms with E-state index in [1.54, 1.807) is 152 Å². The highest BCUT2D eigenvalue weighted by Gasteiger charge is 2.33. The van der Waals surface area contributed by atoms with Gasteiger partial charge in [0.25, 0.3) is 0 Å². The largest absolute Gasteiger partial charge is 0.514 e. The molecule has 0 saturated carbocycles. The van der Waals surface area contributed by atoms with Crippen molar-refractivity contribution in [3.8, 4) is 100 Å². The fourth-order valence-corrected chi connectivity index (χ4v) is 11.8. The number of terminal acetylenes is 1. The van der Waals surface area contributed by atoms with Crippen LogP contribution < -0.4 is 23.7 Å². The second-order valence-electron chi connectivity index (χ2n) is 39.4. The minimum atomic E-state index is -0.893. The average Bonchev–Trinajstić information content (AvgIpc) is 0.793. The molecule has 0 unspecified atom stereocenters. The van der Waals surface area contributed by atoms with Gasteiger partial charge in [-0.25, -0.2) is 24.0 Å². The van der Waals surface area contributed by atoms with Gasteiger partial charge in [-0.15, -0.1) is 6.42 Å². The summed E-state index contributed by atoms with van der Waals surface area (Å²) < 4.78 is 63.0. The summed E-state index contributed by atoms with van der Waals surface area (Å²) in [7, 11) is 0. The summed E-state index contributed by atoms with van der Waals surface area (Å²) in [5.41, 5.74) is 3.38. The van der Waals surface area contributed by atoms with Gasteiger partial charge in [0, 0.05) is 59.2 Å². The molecule has 656 valence electrons. The number of carbonyl (C=O) groups excluding carboxylic acids is 6. The molecule has 0 spiro atoms. The van der Waals surface area contributed by atoms with Crippen LogP contribution in [-0.4, -0.2) is 70.4 Å². The third-order valence-electron chi connectivity index (χ3n) is 16.5. The first-order valence-corrected chi connectivity index (χ1v) is 42.1. The zero-order valence-electron chi connectivity index (χ0n) is 78.1. The Morgan fingerprint density at radius 1 is 0.272 bits per heavy atom. The highest BCUT2D eigenvalue weighted by Crippen LogP contribution is 2.41. The van der Waals surface area contributed by atoms with E-state index in [0.29, 0.717) is 84.5 Å². The van der Waals surface area contributed by atoms with Crippen LogP contribution in [0, 0.1) is 75.1 Å². The van der Waals surface area contributed by atoms with Crippen molar-refractivity contribution in [2.75, 3.05) is 0 Å². The van der Waals surface area contributed by atoms with Gasteiger partial charge in [0.15, 0.2) is 23.0 Å². The molecule has 0 aromatic heterocycles. The lowest BCUT2D eigenvalue weighted by Crippen LogP contribution is -2.27. The molecule has 17 nitrogen and oxygen atoms in total. The Hall–Kier alpha value is -12.3. The number of carbonyl (C=O) groups is 6. The Kier molecular flexibility index (Phi) is 34.0. The van der Waals surface area contributed by atoms with Crippen molar-refractivity contribution in [1.29, 1.82) is 0 Å². The van der Waals surface area contributed by atoms with Crippen LogP contribution in [0.2, 0.25) is 0 Å². The van der Waals surface area contributed by atoms with Crippen LogP contribution >= 0.6 is 22.6 Å². The summed E-state index contributed by atoms with van der Waals surface area (Å²) in [5, 5.41) is 0. The zero-order valence-corrected chi connectivity index (χ0v) is 80.3. The maximum atomic E-state index is 13.3. The van der Waals surface area contributed by atoms with Crippen molar-refractivity contribution >= 4 is 59.3 Å². The van der Waals surface area contributed by atoms with Crippen molar-refractivity contribution in [2.24, 2.45) is 0 Å². The second kappa shape index (κ2) is 41.9. The third kappa shape index (κ3) is 35.4. The van der Waals surface area contributed by atoms with Gasteiger partial charge >= 0.3 is 36.7 Å². The molecule has 0 radical (unpaired) electrons. The molecule has 0 aliphatic rings. The topological polar surface area (TPSA) is 204 Å². The normalized spacial score (nSPS) is 11.5. The first-order valence-electron chi connectivity index (χ1n) is 41.0. The van der Waals surface area contributed by atoms with E-state index < -0.39 is 86.0 Å². The molecule has 8 aromatic carbocycles. The van der Waals surface area contributed by atoms with E-state index in [1.807, 2.05) is 213 Å². The van der Waals surface area contributed by atoms with E-state index in [9.17, 15) is 28.8 Å². The van der Waals surface area contributed by atoms with Gasteiger partial charge in [-0.3, -0.25) is 4.79 Å². The van der Waals surface area contributed by atoms with E-state index >= 15 is 0 Å². The second-order valence-corrected chi connectivity index (χ2v) is 40.6.